The van der Waals surface area contributed by atoms with Crippen molar-refractivity contribution in [3.05, 3.63) is 48.6 Å². The van der Waals surface area contributed by atoms with Gasteiger partial charge in [0.2, 0.25) is 0 Å². The molecule has 2 heteroatoms. The maximum atomic E-state index is 6.75. The van der Waals surface area contributed by atoms with Crippen LogP contribution in [0.25, 0.3) is 0 Å². The molecule has 0 aromatic heterocycles. The Kier molecular flexibility index (Phi) is 4.28. The molecule has 0 amide bonds. The van der Waals surface area contributed by atoms with Crippen LogP contribution in [-0.4, -0.2) is 12.7 Å². The lowest BCUT2D eigenvalue weighted by atomic mass is 9.53. The summed E-state index contributed by atoms with van der Waals surface area (Å²) < 4.78 is 0. The summed E-state index contributed by atoms with van der Waals surface area (Å²) in [7, 11) is 1.94. The lowest BCUT2D eigenvalue weighted by molar-refractivity contribution is 0.0164. The van der Waals surface area contributed by atoms with Crippen LogP contribution in [0.5, 0.6) is 0 Å². The van der Waals surface area contributed by atoms with E-state index in [1.165, 1.54) is 11.1 Å². The van der Waals surface area contributed by atoms with Gasteiger partial charge in [0.05, 0.1) is 5.66 Å². The van der Waals surface area contributed by atoms with Crippen LogP contribution in [0.4, 0.5) is 0 Å². The van der Waals surface area contributed by atoms with E-state index in [1.807, 2.05) is 19.2 Å². The molecule has 19 heavy (non-hydrogen) atoms. The molecule has 1 aliphatic rings. The average Bonchev–Trinajstić information content (AvgIpc) is 2.32. The number of hydrogen-bond donors (Lipinski definition) is 2. The van der Waals surface area contributed by atoms with E-state index in [0.717, 1.165) is 6.42 Å². The standard InChI is InChI=1S/C17H28N2/c1-8-10-13-12-15(3,4)17(18,19-7)16(5,6)14(13)11-9-2/h8-11,19H,1-2,12,18H2,3-7H3/b13-10-,14-11+. The third kappa shape index (κ3) is 2.24. The van der Waals surface area contributed by atoms with E-state index >= 15 is 0 Å². The van der Waals surface area contributed by atoms with E-state index in [1.54, 1.807) is 0 Å². The van der Waals surface area contributed by atoms with E-state index in [0.29, 0.717) is 0 Å². The zero-order valence-electron chi connectivity index (χ0n) is 13.0. The van der Waals surface area contributed by atoms with E-state index in [9.17, 15) is 0 Å². The summed E-state index contributed by atoms with van der Waals surface area (Å²) >= 11 is 0. The summed E-state index contributed by atoms with van der Waals surface area (Å²) in [6.45, 7) is 16.5. The molecule has 1 saturated carbocycles. The molecule has 106 valence electrons. The highest BCUT2D eigenvalue weighted by Crippen LogP contribution is 2.55. The first-order chi connectivity index (χ1) is 8.68. The highest BCUT2D eigenvalue weighted by Gasteiger charge is 2.56. The average molecular weight is 260 g/mol. The van der Waals surface area contributed by atoms with E-state index < -0.39 is 5.66 Å². The Morgan fingerprint density at radius 2 is 1.63 bits per heavy atom. The van der Waals surface area contributed by atoms with Gasteiger partial charge in [0.1, 0.15) is 0 Å². The van der Waals surface area contributed by atoms with Gasteiger partial charge in [-0.25, -0.2) is 0 Å². The Morgan fingerprint density at radius 1 is 1.11 bits per heavy atom. The van der Waals surface area contributed by atoms with Crippen LogP contribution in [0.3, 0.4) is 0 Å². The van der Waals surface area contributed by atoms with Gasteiger partial charge in [-0.15, -0.1) is 0 Å². The Labute approximate surface area is 118 Å². The molecule has 3 N–H and O–H groups in total. The third-order valence-corrected chi connectivity index (χ3v) is 4.70. The van der Waals surface area contributed by atoms with Crippen molar-refractivity contribution < 1.29 is 0 Å². The van der Waals surface area contributed by atoms with Crippen molar-refractivity contribution in [2.45, 2.75) is 39.8 Å². The SMILES string of the molecule is C=C/C=C1/CC(C)(C)C(N)(NC)C(C)(C)/C1=C/C=C. The normalized spacial score (nSPS) is 33.4. The molecule has 1 rings (SSSR count). The second-order valence-corrected chi connectivity index (χ2v) is 6.49. The Balaban J connectivity index is 3.55. The Morgan fingerprint density at radius 3 is 2.05 bits per heavy atom. The van der Waals surface area contributed by atoms with Gasteiger partial charge in [0.15, 0.2) is 0 Å². The lowest BCUT2D eigenvalue weighted by Crippen LogP contribution is -2.72. The smallest absolute Gasteiger partial charge is 0.0809 e. The van der Waals surface area contributed by atoms with Crippen molar-refractivity contribution in [3.63, 3.8) is 0 Å². The minimum atomic E-state index is -0.479. The van der Waals surface area contributed by atoms with Gasteiger partial charge in [0.25, 0.3) is 0 Å². The van der Waals surface area contributed by atoms with Gasteiger partial charge in [-0.05, 0) is 24.6 Å². The molecule has 0 spiro atoms. The quantitative estimate of drug-likeness (QED) is 0.762. The lowest BCUT2D eigenvalue weighted by Gasteiger charge is -2.59. The maximum Gasteiger partial charge on any atom is 0.0809 e. The summed E-state index contributed by atoms with van der Waals surface area (Å²) in [6.07, 6.45) is 8.76. The molecule has 0 aromatic rings. The molecule has 0 saturated heterocycles. The number of nitrogens with two attached hydrogens (primary N) is 1. The molecule has 1 fully saturated rings. The highest BCUT2D eigenvalue weighted by atomic mass is 15.1. The molecule has 0 aromatic carbocycles. The van der Waals surface area contributed by atoms with Crippen LogP contribution >= 0.6 is 0 Å². The molecule has 0 radical (unpaired) electrons. The summed E-state index contributed by atoms with van der Waals surface area (Å²) in [4.78, 5) is 0. The molecule has 0 heterocycles. The minimum Gasteiger partial charge on any atom is -0.312 e. The summed E-state index contributed by atoms with van der Waals surface area (Å²) in [6, 6.07) is 0. The van der Waals surface area contributed by atoms with Crippen LogP contribution < -0.4 is 11.1 Å². The largest absolute Gasteiger partial charge is 0.312 e. The highest BCUT2D eigenvalue weighted by molar-refractivity contribution is 5.46. The Bertz CT molecular complexity index is 438. The number of nitrogens with one attached hydrogen (secondary N) is 1. The molecular formula is C17H28N2. The van der Waals surface area contributed by atoms with Gasteiger partial charge in [-0.1, -0.05) is 65.2 Å². The monoisotopic (exact) mass is 260 g/mol. The summed E-state index contributed by atoms with van der Waals surface area (Å²) in [5, 5.41) is 3.36. The molecule has 0 bridgehead atoms. The van der Waals surface area contributed by atoms with Gasteiger partial charge >= 0.3 is 0 Å². The van der Waals surface area contributed by atoms with Crippen LogP contribution in [0.2, 0.25) is 0 Å². The second kappa shape index (κ2) is 5.10. The fraction of sp³-hybridized carbons (Fsp3) is 0.529. The van der Waals surface area contributed by atoms with Gasteiger partial charge < -0.3 is 11.1 Å². The zero-order valence-corrected chi connectivity index (χ0v) is 13.0. The van der Waals surface area contributed by atoms with Gasteiger partial charge in [-0.3, -0.25) is 0 Å². The van der Waals surface area contributed by atoms with Crippen molar-refractivity contribution in [2.24, 2.45) is 16.6 Å². The van der Waals surface area contributed by atoms with Crippen LogP contribution in [0.15, 0.2) is 48.6 Å². The zero-order chi connectivity index (χ0) is 14.9. The predicted octanol–water partition coefficient (Wildman–Crippen LogP) is 3.54. The van der Waals surface area contributed by atoms with Crippen LogP contribution in [0.1, 0.15) is 34.1 Å². The van der Waals surface area contributed by atoms with Crippen LogP contribution in [-0.2, 0) is 0 Å². The Hall–Kier alpha value is -1.12. The van der Waals surface area contributed by atoms with Gasteiger partial charge in [0, 0.05) is 10.8 Å². The van der Waals surface area contributed by atoms with Crippen molar-refractivity contribution in [2.75, 3.05) is 7.05 Å². The first-order valence-electron chi connectivity index (χ1n) is 6.81. The van der Waals surface area contributed by atoms with Gasteiger partial charge in [-0.2, -0.15) is 0 Å². The van der Waals surface area contributed by atoms with Crippen molar-refractivity contribution in [3.8, 4) is 0 Å². The first-order valence-corrected chi connectivity index (χ1v) is 6.81. The second-order valence-electron chi connectivity index (χ2n) is 6.49. The number of rotatable bonds is 3. The topological polar surface area (TPSA) is 38.0 Å². The fourth-order valence-electron chi connectivity index (χ4n) is 3.55. The number of hydrogen-bond acceptors (Lipinski definition) is 2. The molecule has 0 aliphatic heterocycles. The van der Waals surface area contributed by atoms with Crippen molar-refractivity contribution in [1.29, 1.82) is 0 Å². The maximum absolute atomic E-state index is 6.75. The first kappa shape index (κ1) is 15.9. The molecule has 1 unspecified atom stereocenters. The van der Waals surface area contributed by atoms with E-state index in [2.05, 4.69) is 58.3 Å². The van der Waals surface area contributed by atoms with E-state index in [4.69, 9.17) is 5.73 Å². The van der Waals surface area contributed by atoms with Crippen LogP contribution in [0, 0.1) is 10.8 Å². The molecule has 1 aliphatic carbocycles. The fourth-order valence-corrected chi connectivity index (χ4v) is 3.55. The third-order valence-electron chi connectivity index (χ3n) is 4.70. The summed E-state index contributed by atoms with van der Waals surface area (Å²) in [5.74, 6) is 0. The molecule has 1 atom stereocenters. The molecule has 2 nitrogen and oxygen atoms in total. The summed E-state index contributed by atoms with van der Waals surface area (Å²) in [5.41, 5.74) is 8.54. The van der Waals surface area contributed by atoms with Crippen molar-refractivity contribution >= 4 is 0 Å². The molecular weight excluding hydrogens is 232 g/mol. The van der Waals surface area contributed by atoms with E-state index in [-0.39, 0.29) is 10.8 Å². The van der Waals surface area contributed by atoms with Crippen molar-refractivity contribution in [1.82, 2.24) is 5.32 Å². The minimum absolute atomic E-state index is 0.0569. The predicted molar refractivity (Wildman–Crippen MR) is 84.7 cm³/mol. The number of allylic oxidation sites excluding steroid dienone is 5.